The Morgan fingerprint density at radius 1 is 1.06 bits per heavy atom. The molecule has 0 saturated carbocycles. The lowest BCUT2D eigenvalue weighted by atomic mass is 9.94. The zero-order chi connectivity index (χ0) is 12.5. The van der Waals surface area contributed by atoms with E-state index in [1.165, 1.54) is 71.0 Å². The second kappa shape index (κ2) is 8.93. The zero-order valence-electron chi connectivity index (χ0n) is 12.0. The van der Waals surface area contributed by atoms with Crippen molar-refractivity contribution in [3.63, 3.8) is 0 Å². The fourth-order valence-corrected chi connectivity index (χ4v) is 2.75. The first kappa shape index (κ1) is 15.0. The van der Waals surface area contributed by atoms with E-state index in [0.717, 1.165) is 0 Å². The summed E-state index contributed by atoms with van der Waals surface area (Å²) in [5.74, 6) is 0.688. The smallest absolute Gasteiger partial charge is 0.00889 e. The summed E-state index contributed by atoms with van der Waals surface area (Å²) in [5.41, 5.74) is 6.04. The summed E-state index contributed by atoms with van der Waals surface area (Å²) >= 11 is 0. The Kier molecular flexibility index (Phi) is 7.87. The number of nitrogens with zero attached hydrogens (tertiary/aromatic N) is 1. The Hall–Kier alpha value is -0.0800. The van der Waals surface area contributed by atoms with Gasteiger partial charge in [-0.2, -0.15) is 0 Å². The van der Waals surface area contributed by atoms with E-state index in [-0.39, 0.29) is 0 Å². The molecule has 1 aliphatic heterocycles. The normalized spacial score (nSPS) is 26.3. The third-order valence-corrected chi connectivity index (χ3v) is 4.13. The van der Waals surface area contributed by atoms with Crippen LogP contribution in [0, 0.1) is 5.92 Å². The molecule has 2 nitrogen and oxygen atoms in total. The lowest BCUT2D eigenvalue weighted by Crippen LogP contribution is -2.46. The SMILES string of the molecule is CCCCCCCCCN1CCC(N)C(C)C1. The summed E-state index contributed by atoms with van der Waals surface area (Å²) in [6.45, 7) is 8.31. The van der Waals surface area contributed by atoms with Crippen molar-refractivity contribution in [1.82, 2.24) is 4.90 Å². The van der Waals surface area contributed by atoms with Gasteiger partial charge in [0.1, 0.15) is 0 Å². The van der Waals surface area contributed by atoms with Gasteiger partial charge in [-0.15, -0.1) is 0 Å². The summed E-state index contributed by atoms with van der Waals surface area (Å²) in [7, 11) is 0. The molecule has 0 aliphatic carbocycles. The van der Waals surface area contributed by atoms with Crippen molar-refractivity contribution in [2.24, 2.45) is 11.7 Å². The van der Waals surface area contributed by atoms with Crippen LogP contribution in [0.3, 0.4) is 0 Å². The summed E-state index contributed by atoms with van der Waals surface area (Å²) < 4.78 is 0. The van der Waals surface area contributed by atoms with E-state index >= 15 is 0 Å². The molecule has 1 heterocycles. The van der Waals surface area contributed by atoms with Gasteiger partial charge in [-0.05, 0) is 31.8 Å². The average Bonchev–Trinajstić information content (AvgIpc) is 2.32. The van der Waals surface area contributed by atoms with Gasteiger partial charge in [0.2, 0.25) is 0 Å². The molecule has 1 fully saturated rings. The maximum atomic E-state index is 6.04. The van der Waals surface area contributed by atoms with Gasteiger partial charge in [0.15, 0.2) is 0 Å². The summed E-state index contributed by atoms with van der Waals surface area (Å²) in [6.07, 6.45) is 11.1. The Labute approximate surface area is 108 Å². The van der Waals surface area contributed by atoms with Crippen LogP contribution in [0.25, 0.3) is 0 Å². The van der Waals surface area contributed by atoms with E-state index < -0.39 is 0 Å². The molecule has 0 amide bonds. The van der Waals surface area contributed by atoms with Gasteiger partial charge >= 0.3 is 0 Å². The van der Waals surface area contributed by atoms with E-state index in [9.17, 15) is 0 Å². The Bertz CT molecular complexity index is 182. The predicted molar refractivity (Wildman–Crippen MR) is 76.2 cm³/mol. The van der Waals surface area contributed by atoms with Crippen molar-refractivity contribution in [2.45, 2.75) is 71.3 Å². The Morgan fingerprint density at radius 2 is 1.71 bits per heavy atom. The minimum Gasteiger partial charge on any atom is -0.327 e. The third kappa shape index (κ3) is 6.42. The van der Waals surface area contributed by atoms with Crippen molar-refractivity contribution < 1.29 is 0 Å². The van der Waals surface area contributed by atoms with Crippen LogP contribution in [-0.2, 0) is 0 Å². The standard InChI is InChI=1S/C15H32N2/c1-3-4-5-6-7-8-9-11-17-12-10-15(16)14(2)13-17/h14-15H,3-13,16H2,1-2H3. The monoisotopic (exact) mass is 240 g/mol. The van der Waals surface area contributed by atoms with Gasteiger partial charge in [-0.25, -0.2) is 0 Å². The highest BCUT2D eigenvalue weighted by molar-refractivity contribution is 4.79. The zero-order valence-corrected chi connectivity index (χ0v) is 12.0. The Morgan fingerprint density at radius 3 is 2.35 bits per heavy atom. The molecule has 2 heteroatoms. The second-order valence-electron chi connectivity index (χ2n) is 5.85. The molecule has 2 unspecified atom stereocenters. The number of unbranched alkanes of at least 4 members (excludes halogenated alkanes) is 6. The molecule has 2 atom stereocenters. The minimum absolute atomic E-state index is 0.445. The molecule has 1 rings (SSSR count). The van der Waals surface area contributed by atoms with Crippen LogP contribution in [-0.4, -0.2) is 30.6 Å². The van der Waals surface area contributed by atoms with Crippen LogP contribution < -0.4 is 5.73 Å². The third-order valence-electron chi connectivity index (χ3n) is 4.13. The van der Waals surface area contributed by atoms with E-state index in [1.54, 1.807) is 0 Å². The fraction of sp³-hybridized carbons (Fsp3) is 1.00. The number of nitrogens with two attached hydrogens (primary N) is 1. The van der Waals surface area contributed by atoms with Gasteiger partial charge in [-0.1, -0.05) is 52.4 Å². The lowest BCUT2D eigenvalue weighted by molar-refractivity contribution is 0.162. The quantitative estimate of drug-likeness (QED) is 0.659. The summed E-state index contributed by atoms with van der Waals surface area (Å²) in [4.78, 5) is 2.61. The molecular formula is C15H32N2. The van der Waals surface area contributed by atoms with E-state index in [4.69, 9.17) is 5.73 Å². The van der Waals surface area contributed by atoms with Crippen LogP contribution in [0.5, 0.6) is 0 Å². The number of hydrogen-bond donors (Lipinski definition) is 1. The van der Waals surface area contributed by atoms with Gasteiger partial charge in [0.05, 0.1) is 0 Å². The number of rotatable bonds is 8. The van der Waals surface area contributed by atoms with Crippen molar-refractivity contribution in [2.75, 3.05) is 19.6 Å². The first-order chi connectivity index (χ1) is 8.24. The van der Waals surface area contributed by atoms with E-state index in [1.807, 2.05) is 0 Å². The van der Waals surface area contributed by atoms with Crippen LogP contribution >= 0.6 is 0 Å². The van der Waals surface area contributed by atoms with Gasteiger partial charge in [-0.3, -0.25) is 0 Å². The molecule has 0 aromatic rings. The first-order valence-electron chi connectivity index (χ1n) is 7.72. The molecule has 1 saturated heterocycles. The van der Waals surface area contributed by atoms with E-state index in [2.05, 4.69) is 18.7 Å². The number of likely N-dealkylation sites (tertiary alicyclic amines) is 1. The van der Waals surface area contributed by atoms with Crippen LogP contribution in [0.1, 0.15) is 65.2 Å². The average molecular weight is 240 g/mol. The van der Waals surface area contributed by atoms with E-state index in [0.29, 0.717) is 12.0 Å². The highest BCUT2D eigenvalue weighted by Gasteiger charge is 2.22. The largest absolute Gasteiger partial charge is 0.327 e. The molecule has 0 radical (unpaired) electrons. The summed E-state index contributed by atoms with van der Waals surface area (Å²) in [6, 6.07) is 0.445. The predicted octanol–water partition coefficient (Wildman–Crippen LogP) is 3.41. The van der Waals surface area contributed by atoms with Gasteiger partial charge < -0.3 is 10.6 Å². The van der Waals surface area contributed by atoms with Crippen molar-refractivity contribution in [3.8, 4) is 0 Å². The molecule has 102 valence electrons. The molecule has 0 bridgehead atoms. The molecule has 1 aliphatic rings. The Balaban J connectivity index is 1.92. The maximum Gasteiger partial charge on any atom is 0.00889 e. The van der Waals surface area contributed by atoms with Crippen LogP contribution in [0.4, 0.5) is 0 Å². The lowest BCUT2D eigenvalue weighted by Gasteiger charge is -2.35. The number of hydrogen-bond acceptors (Lipinski definition) is 2. The topological polar surface area (TPSA) is 29.3 Å². The maximum absolute atomic E-state index is 6.04. The van der Waals surface area contributed by atoms with Crippen molar-refractivity contribution >= 4 is 0 Å². The van der Waals surface area contributed by atoms with Crippen molar-refractivity contribution in [3.05, 3.63) is 0 Å². The molecule has 0 spiro atoms. The van der Waals surface area contributed by atoms with Gasteiger partial charge in [0.25, 0.3) is 0 Å². The highest BCUT2D eigenvalue weighted by atomic mass is 15.1. The van der Waals surface area contributed by atoms with Crippen LogP contribution in [0.2, 0.25) is 0 Å². The molecule has 0 aromatic heterocycles. The fourth-order valence-electron chi connectivity index (χ4n) is 2.75. The highest BCUT2D eigenvalue weighted by Crippen LogP contribution is 2.15. The minimum atomic E-state index is 0.445. The molecular weight excluding hydrogens is 208 g/mol. The number of piperidine rings is 1. The molecule has 17 heavy (non-hydrogen) atoms. The first-order valence-corrected chi connectivity index (χ1v) is 7.72. The van der Waals surface area contributed by atoms with Crippen molar-refractivity contribution in [1.29, 1.82) is 0 Å². The summed E-state index contributed by atoms with van der Waals surface area (Å²) in [5, 5.41) is 0. The van der Waals surface area contributed by atoms with Gasteiger partial charge in [0, 0.05) is 12.6 Å². The molecule has 0 aromatic carbocycles. The second-order valence-corrected chi connectivity index (χ2v) is 5.85. The van der Waals surface area contributed by atoms with Crippen LogP contribution in [0.15, 0.2) is 0 Å². The molecule has 2 N–H and O–H groups in total.